The average Bonchev–Trinajstić information content (AvgIpc) is 2.50. The van der Waals surface area contributed by atoms with Crippen molar-refractivity contribution in [3.63, 3.8) is 0 Å². The molecule has 1 fully saturated rings. The third kappa shape index (κ3) is 3.47. The first kappa shape index (κ1) is 14.8. The molecule has 7 nitrogen and oxygen atoms in total. The Morgan fingerprint density at radius 2 is 1.80 bits per heavy atom. The minimum atomic E-state index is 0.644. The average molecular weight is 280 g/mol. The van der Waals surface area contributed by atoms with Crippen LogP contribution in [0.4, 0.5) is 17.8 Å². The van der Waals surface area contributed by atoms with Crippen LogP contribution in [0.1, 0.15) is 20.8 Å². The first-order chi connectivity index (χ1) is 9.78. The molecule has 0 aromatic carbocycles. The third-order valence-electron chi connectivity index (χ3n) is 3.29. The summed E-state index contributed by atoms with van der Waals surface area (Å²) in [6.45, 7) is 11.9. The van der Waals surface area contributed by atoms with Crippen LogP contribution in [0.3, 0.4) is 0 Å². The van der Waals surface area contributed by atoms with Crippen molar-refractivity contribution in [3.8, 4) is 0 Å². The molecule has 1 aliphatic heterocycles. The van der Waals surface area contributed by atoms with E-state index in [1.807, 2.05) is 6.92 Å². The Kier molecular flexibility index (Phi) is 5.34. The second-order valence-corrected chi connectivity index (χ2v) is 4.56. The van der Waals surface area contributed by atoms with Crippen LogP contribution in [-0.2, 0) is 4.74 Å². The molecule has 112 valence electrons. The van der Waals surface area contributed by atoms with E-state index in [9.17, 15) is 0 Å². The van der Waals surface area contributed by atoms with Crippen molar-refractivity contribution in [2.75, 3.05) is 61.1 Å². The van der Waals surface area contributed by atoms with Crippen LogP contribution in [0, 0.1) is 0 Å². The zero-order valence-corrected chi connectivity index (χ0v) is 12.6. The van der Waals surface area contributed by atoms with Gasteiger partial charge in [0, 0.05) is 32.7 Å². The number of aromatic nitrogens is 3. The van der Waals surface area contributed by atoms with E-state index < -0.39 is 0 Å². The quantitative estimate of drug-likeness (QED) is 0.833. The van der Waals surface area contributed by atoms with E-state index in [4.69, 9.17) is 4.74 Å². The van der Waals surface area contributed by atoms with Crippen molar-refractivity contribution < 1.29 is 4.74 Å². The Hall–Kier alpha value is -1.63. The van der Waals surface area contributed by atoms with E-state index >= 15 is 0 Å². The molecule has 0 unspecified atom stereocenters. The molecule has 0 atom stereocenters. The normalized spacial score (nSPS) is 15.2. The molecule has 1 N–H and O–H groups in total. The minimum absolute atomic E-state index is 0.644. The summed E-state index contributed by atoms with van der Waals surface area (Å²) in [6, 6.07) is 0. The maximum absolute atomic E-state index is 5.38. The van der Waals surface area contributed by atoms with Crippen LogP contribution in [0.15, 0.2) is 0 Å². The smallest absolute Gasteiger partial charge is 0.232 e. The van der Waals surface area contributed by atoms with Crippen LogP contribution >= 0.6 is 0 Å². The van der Waals surface area contributed by atoms with Gasteiger partial charge in [-0.25, -0.2) is 0 Å². The zero-order valence-electron chi connectivity index (χ0n) is 12.6. The lowest BCUT2D eigenvalue weighted by Gasteiger charge is -2.28. The fourth-order valence-electron chi connectivity index (χ4n) is 2.14. The standard InChI is InChI=1S/C13H24N6O/c1-4-14-11-15-12(18(5-2)6-3)17-13(16-11)19-7-9-20-10-8-19/h4-10H2,1-3H3,(H,14,15,16,17). The number of anilines is 3. The van der Waals surface area contributed by atoms with Crippen LogP contribution in [0.5, 0.6) is 0 Å². The summed E-state index contributed by atoms with van der Waals surface area (Å²) < 4.78 is 5.38. The van der Waals surface area contributed by atoms with Crippen LogP contribution < -0.4 is 15.1 Å². The minimum Gasteiger partial charge on any atom is -0.378 e. The molecule has 0 radical (unpaired) electrons. The number of nitrogens with one attached hydrogen (secondary N) is 1. The van der Waals surface area contributed by atoms with Crippen LogP contribution in [0.25, 0.3) is 0 Å². The summed E-state index contributed by atoms with van der Waals surface area (Å²) in [5, 5.41) is 3.18. The molecular formula is C13H24N6O. The summed E-state index contributed by atoms with van der Waals surface area (Å²) in [4.78, 5) is 17.9. The lowest BCUT2D eigenvalue weighted by atomic mass is 10.4. The molecule has 20 heavy (non-hydrogen) atoms. The van der Waals surface area contributed by atoms with E-state index in [-0.39, 0.29) is 0 Å². The Labute approximate surface area is 120 Å². The molecule has 0 amide bonds. The van der Waals surface area contributed by atoms with Crippen molar-refractivity contribution in [1.29, 1.82) is 0 Å². The fourth-order valence-corrected chi connectivity index (χ4v) is 2.14. The Bertz CT molecular complexity index is 417. The molecule has 0 saturated carbocycles. The van der Waals surface area contributed by atoms with Crippen molar-refractivity contribution in [3.05, 3.63) is 0 Å². The molecule has 1 aromatic rings. The van der Waals surface area contributed by atoms with Gasteiger partial charge in [0.25, 0.3) is 0 Å². The van der Waals surface area contributed by atoms with Crippen molar-refractivity contribution in [1.82, 2.24) is 15.0 Å². The molecule has 0 bridgehead atoms. The van der Waals surface area contributed by atoms with Gasteiger partial charge >= 0.3 is 0 Å². The van der Waals surface area contributed by atoms with Gasteiger partial charge in [0.1, 0.15) is 0 Å². The highest BCUT2D eigenvalue weighted by Gasteiger charge is 2.18. The first-order valence-electron chi connectivity index (χ1n) is 7.36. The lowest BCUT2D eigenvalue weighted by Crippen LogP contribution is -2.38. The molecule has 2 heterocycles. The molecule has 1 saturated heterocycles. The molecule has 0 aliphatic carbocycles. The van der Waals surface area contributed by atoms with Gasteiger partial charge in [-0.2, -0.15) is 15.0 Å². The van der Waals surface area contributed by atoms with Gasteiger partial charge in [-0.1, -0.05) is 0 Å². The van der Waals surface area contributed by atoms with Crippen molar-refractivity contribution in [2.24, 2.45) is 0 Å². The largest absolute Gasteiger partial charge is 0.378 e. The van der Waals surface area contributed by atoms with Gasteiger partial charge in [0.15, 0.2) is 0 Å². The van der Waals surface area contributed by atoms with Gasteiger partial charge in [-0.05, 0) is 20.8 Å². The topological polar surface area (TPSA) is 66.4 Å². The molecule has 1 aromatic heterocycles. The predicted octanol–water partition coefficient (Wildman–Crippen LogP) is 0.986. The van der Waals surface area contributed by atoms with Crippen LogP contribution in [-0.4, -0.2) is 60.9 Å². The molecule has 2 rings (SSSR count). The van der Waals surface area contributed by atoms with Crippen molar-refractivity contribution >= 4 is 17.8 Å². The first-order valence-corrected chi connectivity index (χ1v) is 7.36. The highest BCUT2D eigenvalue weighted by Crippen LogP contribution is 2.17. The van der Waals surface area contributed by atoms with E-state index in [1.54, 1.807) is 0 Å². The van der Waals surface area contributed by atoms with Gasteiger partial charge in [0.05, 0.1) is 13.2 Å². The predicted molar refractivity (Wildman–Crippen MR) is 80.6 cm³/mol. The molecule has 7 heteroatoms. The maximum atomic E-state index is 5.38. The lowest BCUT2D eigenvalue weighted by molar-refractivity contribution is 0.122. The summed E-state index contributed by atoms with van der Waals surface area (Å²) in [5.41, 5.74) is 0. The molecular weight excluding hydrogens is 256 g/mol. The highest BCUT2D eigenvalue weighted by molar-refractivity contribution is 5.45. The summed E-state index contributed by atoms with van der Waals surface area (Å²) in [7, 11) is 0. The summed E-state index contributed by atoms with van der Waals surface area (Å²) in [6.07, 6.45) is 0. The van der Waals surface area contributed by atoms with Gasteiger partial charge < -0.3 is 19.9 Å². The Morgan fingerprint density at radius 1 is 1.10 bits per heavy atom. The van der Waals surface area contributed by atoms with Crippen LogP contribution in [0.2, 0.25) is 0 Å². The zero-order chi connectivity index (χ0) is 14.4. The number of hydrogen-bond acceptors (Lipinski definition) is 7. The van der Waals surface area contributed by atoms with Gasteiger partial charge in [0.2, 0.25) is 17.8 Å². The SMILES string of the molecule is CCNc1nc(N(CC)CC)nc(N2CCOCC2)n1. The second kappa shape index (κ2) is 7.23. The van der Waals surface area contributed by atoms with E-state index in [1.165, 1.54) is 0 Å². The van der Waals surface area contributed by atoms with Crippen molar-refractivity contribution in [2.45, 2.75) is 20.8 Å². The maximum Gasteiger partial charge on any atom is 0.232 e. The van der Waals surface area contributed by atoms with E-state index in [0.29, 0.717) is 5.95 Å². The fraction of sp³-hybridized carbons (Fsp3) is 0.769. The number of hydrogen-bond donors (Lipinski definition) is 1. The second-order valence-electron chi connectivity index (χ2n) is 4.56. The monoisotopic (exact) mass is 280 g/mol. The Morgan fingerprint density at radius 3 is 2.40 bits per heavy atom. The van der Waals surface area contributed by atoms with Gasteiger partial charge in [-0.15, -0.1) is 0 Å². The number of morpholine rings is 1. The molecule has 1 aliphatic rings. The summed E-state index contributed by atoms with van der Waals surface area (Å²) in [5.74, 6) is 2.12. The molecule has 0 spiro atoms. The van der Waals surface area contributed by atoms with E-state index in [2.05, 4.69) is 43.9 Å². The highest BCUT2D eigenvalue weighted by atomic mass is 16.5. The van der Waals surface area contributed by atoms with Gasteiger partial charge in [-0.3, -0.25) is 0 Å². The summed E-state index contributed by atoms with van der Waals surface area (Å²) >= 11 is 0. The third-order valence-corrected chi connectivity index (χ3v) is 3.29. The number of nitrogens with zero attached hydrogens (tertiary/aromatic N) is 5. The Balaban J connectivity index is 2.29. The number of rotatable bonds is 6. The van der Waals surface area contributed by atoms with E-state index in [0.717, 1.165) is 57.8 Å². The number of ether oxygens (including phenoxy) is 1.